The number of hydrogen-bond donors (Lipinski definition) is 1. The quantitative estimate of drug-likeness (QED) is 0.424. The highest BCUT2D eigenvalue weighted by Gasteiger charge is 2.24. The number of carbonyl (C=O) groups is 3. The fraction of sp³-hybridized carbons (Fsp3) is 0.211. The van der Waals surface area contributed by atoms with Gasteiger partial charge in [-0.15, -0.1) is 0 Å². The fourth-order valence-corrected chi connectivity index (χ4v) is 2.37. The van der Waals surface area contributed by atoms with Crippen LogP contribution in [-0.4, -0.2) is 43.1 Å². The van der Waals surface area contributed by atoms with Gasteiger partial charge in [0.2, 0.25) is 0 Å². The van der Waals surface area contributed by atoms with Crippen LogP contribution in [0, 0.1) is 10.1 Å². The van der Waals surface area contributed by atoms with Gasteiger partial charge in [0.15, 0.2) is 6.10 Å². The first-order valence-corrected chi connectivity index (χ1v) is 8.30. The third-order valence-corrected chi connectivity index (χ3v) is 3.86. The lowest BCUT2D eigenvalue weighted by molar-refractivity contribution is -0.384. The second-order valence-electron chi connectivity index (χ2n) is 5.72. The van der Waals surface area contributed by atoms with E-state index in [1.807, 2.05) is 0 Å². The highest BCUT2D eigenvalue weighted by atomic mass is 16.6. The molecule has 0 aliphatic rings. The Morgan fingerprint density at radius 2 is 1.66 bits per heavy atom. The summed E-state index contributed by atoms with van der Waals surface area (Å²) in [5.41, 5.74) is -0.276. The number of nitrogens with zero attached hydrogens (tertiary/aromatic N) is 1. The average Bonchev–Trinajstić information content (AvgIpc) is 2.72. The number of carbonyl (C=O) groups excluding carboxylic acids is 3. The first-order chi connectivity index (χ1) is 13.8. The van der Waals surface area contributed by atoms with Gasteiger partial charge in [-0.05, 0) is 25.1 Å². The zero-order valence-corrected chi connectivity index (χ0v) is 15.8. The monoisotopic (exact) mass is 402 g/mol. The van der Waals surface area contributed by atoms with E-state index in [0.717, 1.165) is 6.07 Å². The molecule has 152 valence electrons. The summed E-state index contributed by atoms with van der Waals surface area (Å²) in [6.45, 7) is 1.32. The topological polar surface area (TPSA) is 134 Å². The van der Waals surface area contributed by atoms with Gasteiger partial charge in [-0.3, -0.25) is 14.9 Å². The highest BCUT2D eigenvalue weighted by molar-refractivity contribution is 6.04. The molecule has 2 aromatic carbocycles. The van der Waals surface area contributed by atoms with Crippen LogP contribution in [0.4, 0.5) is 11.4 Å². The Hall–Kier alpha value is -3.95. The van der Waals surface area contributed by atoms with Gasteiger partial charge in [-0.25, -0.2) is 9.59 Å². The van der Waals surface area contributed by atoms with Crippen molar-refractivity contribution < 1.29 is 33.5 Å². The van der Waals surface area contributed by atoms with Crippen LogP contribution in [0.15, 0.2) is 42.5 Å². The molecular formula is C19H18N2O8. The van der Waals surface area contributed by atoms with Crippen molar-refractivity contribution in [3.05, 3.63) is 63.7 Å². The van der Waals surface area contributed by atoms with E-state index in [4.69, 9.17) is 9.47 Å². The lowest BCUT2D eigenvalue weighted by Crippen LogP contribution is -2.30. The Morgan fingerprint density at radius 1 is 1.03 bits per heavy atom. The summed E-state index contributed by atoms with van der Waals surface area (Å²) in [5, 5.41) is 13.4. The molecule has 0 aliphatic heterocycles. The number of nitro benzene ring substituents is 1. The van der Waals surface area contributed by atoms with Crippen molar-refractivity contribution in [1.82, 2.24) is 0 Å². The van der Waals surface area contributed by atoms with Crippen molar-refractivity contribution in [3.63, 3.8) is 0 Å². The van der Waals surface area contributed by atoms with Crippen molar-refractivity contribution in [2.45, 2.75) is 13.0 Å². The maximum Gasteiger partial charge on any atom is 0.339 e. The number of nitrogens with one attached hydrogen (secondary N) is 1. The number of benzene rings is 2. The van der Waals surface area contributed by atoms with E-state index in [2.05, 4.69) is 10.1 Å². The Labute approximate surface area is 165 Å². The Morgan fingerprint density at radius 3 is 2.21 bits per heavy atom. The smallest absolute Gasteiger partial charge is 0.339 e. The largest absolute Gasteiger partial charge is 0.495 e. The molecule has 1 unspecified atom stereocenters. The number of nitro groups is 1. The number of ether oxygens (including phenoxy) is 3. The zero-order chi connectivity index (χ0) is 21.6. The Bertz CT molecular complexity index is 957. The second kappa shape index (κ2) is 9.31. The van der Waals surface area contributed by atoms with Gasteiger partial charge in [0.1, 0.15) is 5.75 Å². The summed E-state index contributed by atoms with van der Waals surface area (Å²) in [4.78, 5) is 46.9. The van der Waals surface area contributed by atoms with Crippen LogP contribution in [-0.2, 0) is 14.3 Å². The molecule has 2 aromatic rings. The third kappa shape index (κ3) is 5.06. The molecular weight excluding hydrogens is 384 g/mol. The van der Waals surface area contributed by atoms with E-state index in [0.29, 0.717) is 0 Å². The van der Waals surface area contributed by atoms with Crippen molar-refractivity contribution in [1.29, 1.82) is 0 Å². The number of rotatable bonds is 7. The zero-order valence-electron chi connectivity index (χ0n) is 15.8. The van der Waals surface area contributed by atoms with E-state index in [1.54, 1.807) is 6.07 Å². The number of non-ortho nitro benzene ring substituents is 1. The van der Waals surface area contributed by atoms with E-state index in [1.165, 1.54) is 51.5 Å². The molecule has 0 aliphatic carbocycles. The number of anilines is 1. The molecule has 1 atom stereocenters. The highest BCUT2D eigenvalue weighted by Crippen LogP contribution is 2.29. The van der Waals surface area contributed by atoms with Crippen molar-refractivity contribution >= 4 is 29.2 Å². The minimum absolute atomic E-state index is 0.00652. The maximum atomic E-state index is 12.4. The molecule has 0 heterocycles. The van der Waals surface area contributed by atoms with Crippen LogP contribution in [0.1, 0.15) is 27.6 Å². The first kappa shape index (κ1) is 21.4. The minimum Gasteiger partial charge on any atom is -0.495 e. The van der Waals surface area contributed by atoms with Crippen molar-refractivity contribution in [2.75, 3.05) is 19.5 Å². The molecule has 0 aromatic heterocycles. The number of hydrogen-bond acceptors (Lipinski definition) is 8. The van der Waals surface area contributed by atoms with Gasteiger partial charge >= 0.3 is 11.9 Å². The first-order valence-electron chi connectivity index (χ1n) is 8.30. The summed E-state index contributed by atoms with van der Waals surface area (Å²) in [6.07, 6.45) is -1.27. The Balaban J connectivity index is 2.16. The standard InChI is InChI=1S/C19H18N2O8/c1-11(29-19(24)14-7-5-4-6-13(14)18(23)28-3)17(22)20-15-10-12(21(25)26)8-9-16(15)27-2/h4-11H,1-3H3,(H,20,22). The Kier molecular flexibility index (Phi) is 6.85. The van der Waals surface area contributed by atoms with Gasteiger partial charge in [-0.2, -0.15) is 0 Å². The average molecular weight is 402 g/mol. The predicted octanol–water partition coefficient (Wildman–Crippen LogP) is 2.57. The summed E-state index contributed by atoms with van der Waals surface area (Å²) in [7, 11) is 2.51. The molecule has 10 nitrogen and oxygen atoms in total. The van der Waals surface area contributed by atoms with Crippen LogP contribution in [0.3, 0.4) is 0 Å². The minimum atomic E-state index is -1.27. The van der Waals surface area contributed by atoms with Gasteiger partial charge < -0.3 is 19.5 Å². The molecule has 1 amide bonds. The van der Waals surface area contributed by atoms with Crippen LogP contribution < -0.4 is 10.1 Å². The maximum absolute atomic E-state index is 12.4. The number of esters is 2. The number of methoxy groups -OCH3 is 2. The third-order valence-electron chi connectivity index (χ3n) is 3.86. The molecule has 29 heavy (non-hydrogen) atoms. The van der Waals surface area contributed by atoms with Crippen molar-refractivity contribution in [2.24, 2.45) is 0 Å². The molecule has 0 spiro atoms. The van der Waals surface area contributed by atoms with E-state index in [9.17, 15) is 24.5 Å². The van der Waals surface area contributed by atoms with Crippen LogP contribution in [0.2, 0.25) is 0 Å². The van der Waals surface area contributed by atoms with Gasteiger partial charge in [-0.1, -0.05) is 12.1 Å². The van der Waals surface area contributed by atoms with Gasteiger partial charge in [0.25, 0.3) is 11.6 Å². The molecule has 1 N–H and O–H groups in total. The summed E-state index contributed by atoms with van der Waals surface area (Å²) in [6, 6.07) is 9.51. The van der Waals surface area contributed by atoms with Crippen molar-refractivity contribution in [3.8, 4) is 5.75 Å². The van der Waals surface area contributed by atoms with Crippen LogP contribution in [0.5, 0.6) is 5.75 Å². The van der Waals surface area contributed by atoms with Gasteiger partial charge in [0.05, 0.1) is 36.0 Å². The summed E-state index contributed by atoms with van der Waals surface area (Å²) in [5.74, 6) is -2.18. The summed E-state index contributed by atoms with van der Waals surface area (Å²) < 4.78 is 14.8. The molecule has 0 radical (unpaired) electrons. The lowest BCUT2D eigenvalue weighted by atomic mass is 10.1. The van der Waals surface area contributed by atoms with E-state index in [-0.39, 0.29) is 28.3 Å². The van der Waals surface area contributed by atoms with Gasteiger partial charge in [0, 0.05) is 12.1 Å². The molecule has 0 bridgehead atoms. The SMILES string of the molecule is COC(=O)c1ccccc1C(=O)OC(C)C(=O)Nc1cc([N+](=O)[O-])ccc1OC. The normalized spacial score (nSPS) is 11.1. The molecule has 10 heteroatoms. The summed E-state index contributed by atoms with van der Waals surface area (Å²) >= 11 is 0. The predicted molar refractivity (Wildman–Crippen MR) is 101 cm³/mol. The molecule has 0 saturated carbocycles. The second-order valence-corrected chi connectivity index (χ2v) is 5.72. The fourth-order valence-electron chi connectivity index (χ4n) is 2.37. The molecule has 0 fully saturated rings. The van der Waals surface area contributed by atoms with E-state index < -0.39 is 28.9 Å². The lowest BCUT2D eigenvalue weighted by Gasteiger charge is -2.16. The van der Waals surface area contributed by atoms with E-state index >= 15 is 0 Å². The molecule has 2 rings (SSSR count). The molecule has 0 saturated heterocycles. The number of amides is 1. The van der Waals surface area contributed by atoms with Crippen LogP contribution >= 0.6 is 0 Å². The van der Waals surface area contributed by atoms with Crippen LogP contribution in [0.25, 0.3) is 0 Å².